The van der Waals surface area contributed by atoms with Gasteiger partial charge >= 0.3 is 6.09 Å². The molecule has 0 saturated carbocycles. The molecule has 2 atom stereocenters. The van der Waals surface area contributed by atoms with E-state index in [4.69, 9.17) is 4.74 Å². The number of hydrogen-bond donors (Lipinski definition) is 0. The normalized spacial score (nSPS) is 24.1. The fraction of sp³-hybridized carbons (Fsp3) is 0.611. The fourth-order valence-electron chi connectivity index (χ4n) is 3.60. The van der Waals surface area contributed by atoms with E-state index in [2.05, 4.69) is 4.98 Å². The van der Waals surface area contributed by atoms with Gasteiger partial charge in [0.1, 0.15) is 5.60 Å². The van der Waals surface area contributed by atoms with Crippen LogP contribution in [0.25, 0.3) is 0 Å². The van der Waals surface area contributed by atoms with Gasteiger partial charge in [0.05, 0.1) is 17.8 Å². The Morgan fingerprint density at radius 2 is 2.08 bits per heavy atom. The molecule has 2 aliphatic heterocycles. The molecule has 1 aromatic heterocycles. The number of hydrogen-bond acceptors (Lipinski definition) is 4. The Kier molecular flexibility index (Phi) is 4.24. The van der Waals surface area contributed by atoms with Crippen LogP contribution in [0.5, 0.6) is 0 Å². The van der Waals surface area contributed by atoms with Crippen LogP contribution in [0.1, 0.15) is 50.9 Å². The van der Waals surface area contributed by atoms with Gasteiger partial charge in [-0.1, -0.05) is 6.07 Å². The second-order valence-corrected chi connectivity index (χ2v) is 7.52. The van der Waals surface area contributed by atoms with Gasteiger partial charge in [0, 0.05) is 25.7 Å². The van der Waals surface area contributed by atoms with E-state index in [1.165, 1.54) is 0 Å². The number of aromatic nitrogens is 1. The Labute approximate surface area is 142 Å². The van der Waals surface area contributed by atoms with Crippen molar-refractivity contribution in [1.29, 1.82) is 0 Å². The molecule has 3 heterocycles. The van der Waals surface area contributed by atoms with Gasteiger partial charge in [-0.25, -0.2) is 4.79 Å². The summed E-state index contributed by atoms with van der Waals surface area (Å²) < 4.78 is 5.60. The first kappa shape index (κ1) is 16.7. The first-order valence-electron chi connectivity index (χ1n) is 8.48. The third-order valence-corrected chi connectivity index (χ3v) is 4.61. The minimum atomic E-state index is -0.552. The van der Waals surface area contributed by atoms with Crippen LogP contribution in [0.15, 0.2) is 18.3 Å². The minimum Gasteiger partial charge on any atom is -0.444 e. The van der Waals surface area contributed by atoms with E-state index in [9.17, 15) is 9.59 Å². The van der Waals surface area contributed by atoms with Gasteiger partial charge in [-0.3, -0.25) is 14.7 Å². The second kappa shape index (κ2) is 6.07. The molecule has 0 aliphatic carbocycles. The number of fused-ring (bicyclic) bond motifs is 1. The standard InChI is InChI=1S/C18H25N3O3/c1-12-6-5-9-19-15(12)16-13-7-8-14(22)20(13)10-11-21(16)17(23)24-18(2,3)4/h5-6,9,13,16H,7-8,10-11H2,1-4H3/t13-,16+/m0/s1. The SMILES string of the molecule is Cc1cccnc1[C@H]1[C@@H]2CCC(=O)N2CCN1C(=O)OC(C)(C)C. The van der Waals surface area contributed by atoms with E-state index in [0.29, 0.717) is 19.5 Å². The Balaban J connectivity index is 1.97. The zero-order valence-corrected chi connectivity index (χ0v) is 14.8. The largest absolute Gasteiger partial charge is 0.444 e. The summed E-state index contributed by atoms with van der Waals surface area (Å²) in [5.41, 5.74) is 1.33. The maximum Gasteiger partial charge on any atom is 0.410 e. The lowest BCUT2D eigenvalue weighted by molar-refractivity contribution is -0.132. The van der Waals surface area contributed by atoms with Crippen LogP contribution in [0.2, 0.25) is 0 Å². The van der Waals surface area contributed by atoms with E-state index in [0.717, 1.165) is 17.7 Å². The molecule has 2 fully saturated rings. The van der Waals surface area contributed by atoms with E-state index in [1.54, 1.807) is 11.1 Å². The topological polar surface area (TPSA) is 62.7 Å². The average Bonchev–Trinajstić information content (AvgIpc) is 2.87. The molecular formula is C18H25N3O3. The molecule has 24 heavy (non-hydrogen) atoms. The van der Waals surface area contributed by atoms with Gasteiger partial charge in [-0.2, -0.15) is 0 Å². The highest BCUT2D eigenvalue weighted by atomic mass is 16.6. The highest BCUT2D eigenvalue weighted by Gasteiger charge is 2.46. The van der Waals surface area contributed by atoms with E-state index in [1.807, 2.05) is 44.7 Å². The molecule has 0 unspecified atom stereocenters. The number of carbonyl (C=O) groups is 2. The number of piperazine rings is 1. The fourth-order valence-corrected chi connectivity index (χ4v) is 3.60. The molecule has 0 N–H and O–H groups in total. The molecule has 0 spiro atoms. The van der Waals surface area contributed by atoms with Crippen LogP contribution in [0, 0.1) is 6.92 Å². The van der Waals surface area contributed by atoms with Crippen molar-refractivity contribution in [2.24, 2.45) is 0 Å². The zero-order chi connectivity index (χ0) is 17.5. The lowest BCUT2D eigenvalue weighted by atomic mass is 9.95. The van der Waals surface area contributed by atoms with Gasteiger partial charge in [-0.15, -0.1) is 0 Å². The molecule has 6 nitrogen and oxygen atoms in total. The van der Waals surface area contributed by atoms with Crippen molar-refractivity contribution in [2.45, 2.75) is 58.2 Å². The van der Waals surface area contributed by atoms with Crippen LogP contribution < -0.4 is 0 Å². The molecule has 2 amide bonds. The molecule has 0 bridgehead atoms. The number of nitrogens with zero attached hydrogens (tertiary/aromatic N) is 3. The van der Waals surface area contributed by atoms with E-state index in [-0.39, 0.29) is 24.1 Å². The number of ether oxygens (including phenoxy) is 1. The number of rotatable bonds is 1. The van der Waals surface area contributed by atoms with Crippen LogP contribution in [-0.4, -0.2) is 51.5 Å². The number of carbonyl (C=O) groups excluding carboxylic acids is 2. The second-order valence-electron chi connectivity index (χ2n) is 7.52. The van der Waals surface area contributed by atoms with Crippen molar-refractivity contribution < 1.29 is 14.3 Å². The van der Waals surface area contributed by atoms with Crippen molar-refractivity contribution in [3.8, 4) is 0 Å². The van der Waals surface area contributed by atoms with Gasteiger partial charge in [0.15, 0.2) is 0 Å². The molecule has 3 rings (SSSR count). The maximum atomic E-state index is 12.8. The van der Waals surface area contributed by atoms with Crippen LogP contribution in [0.4, 0.5) is 4.79 Å². The summed E-state index contributed by atoms with van der Waals surface area (Å²) in [6, 6.07) is 3.61. The van der Waals surface area contributed by atoms with Gasteiger partial charge in [0.25, 0.3) is 0 Å². The lowest BCUT2D eigenvalue weighted by Gasteiger charge is -2.44. The predicted octanol–water partition coefficient (Wildman–Crippen LogP) is 2.67. The van der Waals surface area contributed by atoms with Gasteiger partial charge in [-0.05, 0) is 45.7 Å². The van der Waals surface area contributed by atoms with Gasteiger partial charge < -0.3 is 9.64 Å². The van der Waals surface area contributed by atoms with Gasteiger partial charge in [0.2, 0.25) is 5.91 Å². The highest BCUT2D eigenvalue weighted by molar-refractivity contribution is 5.80. The number of aryl methyl sites for hydroxylation is 1. The summed E-state index contributed by atoms with van der Waals surface area (Å²) in [6.45, 7) is 8.61. The predicted molar refractivity (Wildman–Crippen MR) is 89.4 cm³/mol. The van der Waals surface area contributed by atoms with Crippen molar-refractivity contribution in [3.05, 3.63) is 29.6 Å². The summed E-state index contributed by atoms with van der Waals surface area (Å²) in [5, 5.41) is 0. The first-order chi connectivity index (χ1) is 11.3. The first-order valence-corrected chi connectivity index (χ1v) is 8.48. The summed E-state index contributed by atoms with van der Waals surface area (Å²) in [4.78, 5) is 33.1. The van der Waals surface area contributed by atoms with E-state index < -0.39 is 5.60 Å². The third-order valence-electron chi connectivity index (χ3n) is 4.61. The van der Waals surface area contributed by atoms with Crippen molar-refractivity contribution in [2.75, 3.05) is 13.1 Å². The maximum absolute atomic E-state index is 12.8. The number of amides is 2. The summed E-state index contributed by atoms with van der Waals surface area (Å²) in [6.07, 6.45) is 2.69. The van der Waals surface area contributed by atoms with Crippen molar-refractivity contribution >= 4 is 12.0 Å². The molecule has 2 saturated heterocycles. The average molecular weight is 331 g/mol. The summed E-state index contributed by atoms with van der Waals surface area (Å²) >= 11 is 0. The van der Waals surface area contributed by atoms with Crippen LogP contribution in [0.3, 0.4) is 0 Å². The van der Waals surface area contributed by atoms with Crippen LogP contribution in [-0.2, 0) is 9.53 Å². The zero-order valence-electron chi connectivity index (χ0n) is 14.8. The highest BCUT2D eigenvalue weighted by Crippen LogP contribution is 2.38. The number of pyridine rings is 1. The molecule has 2 aliphatic rings. The smallest absolute Gasteiger partial charge is 0.410 e. The Morgan fingerprint density at radius 3 is 2.75 bits per heavy atom. The molecule has 1 aromatic rings. The summed E-state index contributed by atoms with van der Waals surface area (Å²) in [5.74, 6) is 0.169. The molecule has 6 heteroatoms. The minimum absolute atomic E-state index is 0.0210. The Morgan fingerprint density at radius 1 is 1.33 bits per heavy atom. The molecule has 0 aromatic carbocycles. The molecule has 130 valence electrons. The molecule has 0 radical (unpaired) electrons. The monoisotopic (exact) mass is 331 g/mol. The lowest BCUT2D eigenvalue weighted by Crippen LogP contribution is -2.56. The van der Waals surface area contributed by atoms with Crippen LogP contribution >= 0.6 is 0 Å². The Bertz CT molecular complexity index is 653. The van der Waals surface area contributed by atoms with E-state index >= 15 is 0 Å². The summed E-state index contributed by atoms with van der Waals surface area (Å²) in [7, 11) is 0. The quantitative estimate of drug-likeness (QED) is 0.794. The third kappa shape index (κ3) is 3.09. The molecular weight excluding hydrogens is 306 g/mol. The van der Waals surface area contributed by atoms with Crippen molar-refractivity contribution in [3.63, 3.8) is 0 Å². The Hall–Kier alpha value is -2.11. The van der Waals surface area contributed by atoms with Crippen molar-refractivity contribution in [1.82, 2.24) is 14.8 Å².